The fourth-order valence-electron chi connectivity index (χ4n) is 4.87. The second kappa shape index (κ2) is 7.91. The summed E-state index contributed by atoms with van der Waals surface area (Å²) in [7, 11) is 0. The summed E-state index contributed by atoms with van der Waals surface area (Å²) in [5.74, 6) is -2.94. The average molecular weight is 485 g/mol. The van der Waals surface area contributed by atoms with Crippen LogP contribution in [0.5, 0.6) is 5.88 Å². The number of rotatable bonds is 7. The number of pyridine rings is 1. The van der Waals surface area contributed by atoms with Crippen molar-refractivity contribution >= 4 is 22.6 Å². The summed E-state index contributed by atoms with van der Waals surface area (Å²) < 4.78 is 41.7. The van der Waals surface area contributed by atoms with Crippen LogP contribution in [0.2, 0.25) is 0 Å². The van der Waals surface area contributed by atoms with E-state index in [1.807, 2.05) is 0 Å². The molecule has 1 aliphatic heterocycles. The Balaban J connectivity index is 1.39. The van der Waals surface area contributed by atoms with Gasteiger partial charge in [0, 0.05) is 61.4 Å². The molecular formula is C24H26F2N6O3. The normalized spacial score (nSPS) is 23.7. The number of hydrogen-bond donors (Lipinski definition) is 1. The number of nitrogens with zero attached hydrogens (tertiary/aromatic N) is 5. The predicted octanol–water partition coefficient (Wildman–Crippen LogP) is 3.96. The molecule has 1 spiro atoms. The molecule has 0 aromatic carbocycles. The molecule has 2 unspecified atom stereocenters. The smallest absolute Gasteiger partial charge is 0.304 e. The summed E-state index contributed by atoms with van der Waals surface area (Å²) in [4.78, 5) is 24.0. The molecule has 4 heterocycles. The Hall–Kier alpha value is -3.21. The van der Waals surface area contributed by atoms with Crippen molar-refractivity contribution in [2.45, 2.75) is 51.4 Å². The molecule has 11 heteroatoms. The summed E-state index contributed by atoms with van der Waals surface area (Å²) in [6.07, 6.45) is 5.67. The van der Waals surface area contributed by atoms with E-state index in [4.69, 9.17) is 14.6 Å². The molecule has 2 aliphatic carbocycles. The Kier molecular flexibility index (Phi) is 5.03. The number of alkyl halides is 2. The third-order valence-corrected chi connectivity index (χ3v) is 7.09. The minimum absolute atomic E-state index is 0.0836. The standard InChI is InChI=1S/C24H26F2N6O3/c1-13(33)28-18-7-17-16(10-27-18)21(14-3-4-14)31-32(17)19-8-20(30-22(29-19)23(2,25)26)35-11-15-9-24(15)5-6-34-12-24/h7-8,10,14-15H,3-6,9,11-12H2,1-2H3,(H,27,28,33). The molecular weight excluding hydrogens is 458 g/mol. The van der Waals surface area contributed by atoms with Crippen LogP contribution in [0.15, 0.2) is 18.3 Å². The molecule has 1 amide bonds. The second-order valence-corrected chi connectivity index (χ2v) is 9.99. The monoisotopic (exact) mass is 484 g/mol. The summed E-state index contributed by atoms with van der Waals surface area (Å²) in [6, 6.07) is 3.22. The fraction of sp³-hybridized carbons (Fsp3) is 0.542. The highest BCUT2D eigenvalue weighted by Crippen LogP contribution is 2.57. The number of anilines is 1. The molecule has 9 nitrogen and oxygen atoms in total. The number of carbonyl (C=O) groups excluding carboxylic acids is 1. The van der Waals surface area contributed by atoms with Crippen LogP contribution < -0.4 is 10.1 Å². The van der Waals surface area contributed by atoms with Crippen molar-refractivity contribution in [1.82, 2.24) is 24.7 Å². The quantitative estimate of drug-likeness (QED) is 0.541. The Bertz CT molecular complexity index is 1310. The number of ether oxygens (including phenoxy) is 2. The molecule has 6 rings (SSSR count). The van der Waals surface area contributed by atoms with Crippen molar-refractivity contribution in [2.24, 2.45) is 11.3 Å². The lowest BCUT2D eigenvalue weighted by atomic mass is 10.0. The maximum atomic E-state index is 14.4. The number of carbonyl (C=O) groups is 1. The first-order chi connectivity index (χ1) is 16.7. The molecule has 3 aliphatic rings. The molecule has 35 heavy (non-hydrogen) atoms. The Morgan fingerprint density at radius 2 is 2.17 bits per heavy atom. The topological polar surface area (TPSA) is 104 Å². The molecule has 2 atom stereocenters. The molecule has 3 fully saturated rings. The predicted molar refractivity (Wildman–Crippen MR) is 122 cm³/mol. The number of halogens is 2. The van der Waals surface area contributed by atoms with Gasteiger partial charge in [-0.15, -0.1) is 0 Å². The van der Waals surface area contributed by atoms with Crippen molar-refractivity contribution in [3.8, 4) is 11.7 Å². The van der Waals surface area contributed by atoms with Gasteiger partial charge in [0.25, 0.3) is 0 Å². The summed E-state index contributed by atoms with van der Waals surface area (Å²) in [6.45, 7) is 4.02. The van der Waals surface area contributed by atoms with Gasteiger partial charge in [0.15, 0.2) is 5.82 Å². The number of fused-ring (bicyclic) bond motifs is 1. The van der Waals surface area contributed by atoms with Gasteiger partial charge in [-0.3, -0.25) is 4.79 Å². The summed E-state index contributed by atoms with van der Waals surface area (Å²) in [5, 5.41) is 8.19. The number of aromatic nitrogens is 5. The van der Waals surface area contributed by atoms with Gasteiger partial charge in [0.05, 0.1) is 24.4 Å². The third kappa shape index (κ3) is 4.22. The number of hydrogen-bond acceptors (Lipinski definition) is 7. The average Bonchev–Trinajstić information content (AvgIpc) is 3.66. The molecule has 0 bridgehead atoms. The lowest BCUT2D eigenvalue weighted by molar-refractivity contribution is -0.114. The van der Waals surface area contributed by atoms with Crippen LogP contribution in [-0.2, 0) is 15.5 Å². The van der Waals surface area contributed by atoms with Crippen LogP contribution in [-0.4, -0.2) is 50.5 Å². The first-order valence-electron chi connectivity index (χ1n) is 11.9. The highest BCUT2D eigenvalue weighted by Gasteiger charge is 2.56. The lowest BCUT2D eigenvalue weighted by Crippen LogP contribution is -2.17. The molecule has 3 aromatic heterocycles. The van der Waals surface area contributed by atoms with E-state index in [0.29, 0.717) is 23.9 Å². The molecule has 2 saturated carbocycles. The van der Waals surface area contributed by atoms with E-state index in [9.17, 15) is 13.6 Å². The Labute approximate surface area is 200 Å². The van der Waals surface area contributed by atoms with Gasteiger partial charge in [0.2, 0.25) is 17.6 Å². The minimum Gasteiger partial charge on any atom is -0.477 e. The lowest BCUT2D eigenvalue weighted by Gasteiger charge is -2.14. The van der Waals surface area contributed by atoms with Gasteiger partial charge in [-0.2, -0.15) is 18.9 Å². The highest BCUT2D eigenvalue weighted by molar-refractivity contribution is 5.91. The zero-order valence-electron chi connectivity index (χ0n) is 19.6. The first-order valence-corrected chi connectivity index (χ1v) is 11.9. The SMILES string of the molecule is CC(=O)Nc1cc2c(cn1)c(C1CC1)nn2-c1cc(OCC2CC23CCOC3)nc(C(C)(F)F)n1. The molecule has 1 N–H and O–H groups in total. The molecule has 0 radical (unpaired) electrons. The molecule has 3 aromatic rings. The van der Waals surface area contributed by atoms with Crippen LogP contribution >= 0.6 is 0 Å². The second-order valence-electron chi connectivity index (χ2n) is 9.99. The fourth-order valence-corrected chi connectivity index (χ4v) is 4.87. The van der Waals surface area contributed by atoms with Crippen LogP contribution in [0.4, 0.5) is 14.6 Å². The van der Waals surface area contributed by atoms with E-state index in [-0.39, 0.29) is 28.9 Å². The number of nitrogens with one attached hydrogen (secondary N) is 1. The largest absolute Gasteiger partial charge is 0.477 e. The molecule has 184 valence electrons. The van der Waals surface area contributed by atoms with Crippen LogP contribution in [0, 0.1) is 11.3 Å². The van der Waals surface area contributed by atoms with Gasteiger partial charge < -0.3 is 14.8 Å². The van der Waals surface area contributed by atoms with E-state index in [1.165, 1.54) is 17.7 Å². The van der Waals surface area contributed by atoms with Gasteiger partial charge >= 0.3 is 5.92 Å². The van der Waals surface area contributed by atoms with E-state index in [0.717, 1.165) is 56.9 Å². The van der Waals surface area contributed by atoms with Gasteiger partial charge in [-0.05, 0) is 25.7 Å². The maximum absolute atomic E-state index is 14.4. The van der Waals surface area contributed by atoms with Gasteiger partial charge in [-0.25, -0.2) is 14.6 Å². The zero-order valence-corrected chi connectivity index (χ0v) is 19.6. The zero-order chi connectivity index (χ0) is 24.4. The highest BCUT2D eigenvalue weighted by atomic mass is 19.3. The van der Waals surface area contributed by atoms with Crippen molar-refractivity contribution in [1.29, 1.82) is 0 Å². The van der Waals surface area contributed by atoms with Crippen LogP contribution in [0.3, 0.4) is 0 Å². The van der Waals surface area contributed by atoms with E-state index in [2.05, 4.69) is 20.3 Å². The van der Waals surface area contributed by atoms with Crippen molar-refractivity contribution in [3.63, 3.8) is 0 Å². The Morgan fingerprint density at radius 1 is 1.34 bits per heavy atom. The third-order valence-electron chi connectivity index (χ3n) is 7.09. The first kappa shape index (κ1) is 22.3. The van der Waals surface area contributed by atoms with Crippen molar-refractivity contribution in [2.75, 3.05) is 25.1 Å². The summed E-state index contributed by atoms with van der Waals surface area (Å²) in [5.41, 5.74) is 1.62. The van der Waals surface area contributed by atoms with Crippen LogP contribution in [0.25, 0.3) is 16.7 Å². The van der Waals surface area contributed by atoms with Gasteiger partial charge in [0.1, 0.15) is 5.82 Å². The molecule has 1 saturated heterocycles. The van der Waals surface area contributed by atoms with E-state index in [1.54, 1.807) is 12.3 Å². The van der Waals surface area contributed by atoms with Gasteiger partial charge in [-0.1, -0.05) is 0 Å². The Morgan fingerprint density at radius 3 is 2.86 bits per heavy atom. The number of amides is 1. The summed E-state index contributed by atoms with van der Waals surface area (Å²) >= 11 is 0. The maximum Gasteiger partial charge on any atom is 0.304 e. The van der Waals surface area contributed by atoms with E-state index >= 15 is 0 Å². The van der Waals surface area contributed by atoms with E-state index < -0.39 is 11.7 Å². The van der Waals surface area contributed by atoms with Crippen molar-refractivity contribution in [3.05, 3.63) is 29.8 Å². The van der Waals surface area contributed by atoms with Crippen molar-refractivity contribution < 1.29 is 23.0 Å². The van der Waals surface area contributed by atoms with Crippen LogP contribution in [0.1, 0.15) is 57.0 Å². The minimum atomic E-state index is -3.26.